The summed E-state index contributed by atoms with van der Waals surface area (Å²) in [5, 5.41) is 41.7. The van der Waals surface area contributed by atoms with E-state index in [9.17, 15) is 21.0 Å². The zero-order valence-electron chi connectivity index (χ0n) is 13.0. The molecular formula is C20H6I2N4. The molecule has 0 saturated heterocycles. The molecule has 0 saturated carbocycles. The monoisotopic (exact) mass is 556 g/mol. The SMILES string of the molecule is N#CC(C#N)=c1c2ccc(I)cc2c(=C(C#N)C#N)c2ccc(I)cc12. The summed E-state index contributed by atoms with van der Waals surface area (Å²) >= 11 is 4.31. The van der Waals surface area contributed by atoms with Crippen LogP contribution in [0.5, 0.6) is 0 Å². The molecule has 0 aromatic heterocycles. The molecule has 0 bridgehead atoms. The Morgan fingerprint density at radius 3 is 1.23 bits per heavy atom. The highest BCUT2D eigenvalue weighted by Crippen LogP contribution is 2.20. The molecule has 0 N–H and O–H groups in total. The van der Waals surface area contributed by atoms with E-state index in [0.717, 1.165) is 7.14 Å². The lowest BCUT2D eigenvalue weighted by molar-refractivity contribution is 1.49. The van der Waals surface area contributed by atoms with Crippen LogP contribution in [0.25, 0.3) is 32.7 Å². The predicted molar refractivity (Wildman–Crippen MR) is 115 cm³/mol. The fourth-order valence-electron chi connectivity index (χ4n) is 2.99. The molecule has 0 amide bonds. The van der Waals surface area contributed by atoms with Crippen LogP contribution in [0.3, 0.4) is 0 Å². The zero-order chi connectivity index (χ0) is 18.8. The van der Waals surface area contributed by atoms with E-state index in [1.807, 2.05) is 60.7 Å². The first-order valence-electron chi connectivity index (χ1n) is 7.25. The van der Waals surface area contributed by atoms with Crippen LogP contribution in [-0.4, -0.2) is 0 Å². The second-order valence-corrected chi connectivity index (χ2v) is 7.82. The summed E-state index contributed by atoms with van der Waals surface area (Å²) in [5.41, 5.74) is 0.00967. The first kappa shape index (κ1) is 18.1. The molecule has 3 aromatic carbocycles. The molecule has 0 radical (unpaired) electrons. The van der Waals surface area contributed by atoms with Crippen molar-refractivity contribution in [3.8, 4) is 24.3 Å². The maximum atomic E-state index is 9.47. The number of fused-ring (bicyclic) bond motifs is 2. The highest BCUT2D eigenvalue weighted by Gasteiger charge is 2.13. The zero-order valence-corrected chi connectivity index (χ0v) is 17.3. The molecule has 4 nitrogen and oxygen atoms in total. The minimum Gasteiger partial charge on any atom is -0.192 e. The molecule has 6 heteroatoms. The van der Waals surface area contributed by atoms with E-state index in [1.54, 1.807) is 0 Å². The number of hydrogen-bond acceptors (Lipinski definition) is 4. The van der Waals surface area contributed by atoms with Gasteiger partial charge in [-0.25, -0.2) is 0 Å². The molecule has 0 atom stereocenters. The number of rotatable bonds is 0. The van der Waals surface area contributed by atoms with Gasteiger partial charge in [-0.2, -0.15) is 21.0 Å². The fourth-order valence-corrected chi connectivity index (χ4v) is 3.97. The van der Waals surface area contributed by atoms with E-state index < -0.39 is 0 Å². The Bertz CT molecular complexity index is 1250. The molecule has 120 valence electrons. The Morgan fingerprint density at radius 2 is 0.923 bits per heavy atom. The van der Waals surface area contributed by atoms with Crippen LogP contribution >= 0.6 is 45.2 Å². The van der Waals surface area contributed by atoms with Gasteiger partial charge in [-0.1, -0.05) is 12.1 Å². The topological polar surface area (TPSA) is 95.2 Å². The number of benzene rings is 3. The van der Waals surface area contributed by atoms with Crippen molar-refractivity contribution in [3.05, 3.63) is 54.0 Å². The van der Waals surface area contributed by atoms with Gasteiger partial charge in [0.2, 0.25) is 0 Å². The summed E-state index contributed by atoms with van der Waals surface area (Å²) in [5.74, 6) is 0. The van der Waals surface area contributed by atoms with Gasteiger partial charge in [0.15, 0.2) is 0 Å². The van der Waals surface area contributed by atoms with Gasteiger partial charge in [-0.15, -0.1) is 0 Å². The minimum atomic E-state index is 0.00484. The van der Waals surface area contributed by atoms with Crippen molar-refractivity contribution in [2.75, 3.05) is 0 Å². The molecule has 0 fully saturated rings. The Kier molecular flexibility index (Phi) is 5.09. The second-order valence-electron chi connectivity index (χ2n) is 5.33. The first-order valence-corrected chi connectivity index (χ1v) is 9.41. The molecular weight excluding hydrogens is 550 g/mol. The average molecular weight is 556 g/mol. The highest BCUT2D eigenvalue weighted by molar-refractivity contribution is 14.1. The largest absolute Gasteiger partial charge is 0.192 e. The van der Waals surface area contributed by atoms with Crippen molar-refractivity contribution in [2.24, 2.45) is 0 Å². The predicted octanol–water partition coefficient (Wildman–Crippen LogP) is 3.60. The summed E-state index contributed by atoms with van der Waals surface area (Å²) in [7, 11) is 0. The van der Waals surface area contributed by atoms with E-state index >= 15 is 0 Å². The third-order valence-electron chi connectivity index (χ3n) is 3.99. The quantitative estimate of drug-likeness (QED) is 0.313. The summed E-state index contributed by atoms with van der Waals surface area (Å²) in [6.07, 6.45) is 0. The van der Waals surface area contributed by atoms with Gasteiger partial charge in [0, 0.05) is 17.6 Å². The lowest BCUT2D eigenvalue weighted by Crippen LogP contribution is -2.18. The molecule has 0 unspecified atom stereocenters. The molecule has 0 spiro atoms. The molecule has 0 aliphatic heterocycles. The molecule has 26 heavy (non-hydrogen) atoms. The number of nitrogens with zero attached hydrogens (tertiary/aromatic N) is 4. The average Bonchev–Trinajstić information content (AvgIpc) is 2.64. The minimum absolute atomic E-state index is 0.00484. The summed E-state index contributed by atoms with van der Waals surface area (Å²) in [6.45, 7) is 0. The van der Waals surface area contributed by atoms with Crippen LogP contribution < -0.4 is 10.4 Å². The highest BCUT2D eigenvalue weighted by atomic mass is 127. The molecule has 0 heterocycles. The summed E-state index contributed by atoms with van der Waals surface area (Å²) in [4.78, 5) is 0. The Balaban J connectivity index is 2.97. The standard InChI is InChI=1S/C20H6I2N4/c21-13-1-3-15-17(5-13)20(12(9-25)10-26)16-4-2-14(22)6-18(16)19(15)11(7-23)8-24/h1-6H. The van der Waals surface area contributed by atoms with Crippen LogP contribution in [0.4, 0.5) is 0 Å². The van der Waals surface area contributed by atoms with Crippen molar-refractivity contribution in [1.29, 1.82) is 21.0 Å². The van der Waals surface area contributed by atoms with Gasteiger partial charge >= 0.3 is 0 Å². The normalized spacial score (nSPS) is 9.77. The van der Waals surface area contributed by atoms with Crippen molar-refractivity contribution >= 4 is 77.9 Å². The van der Waals surface area contributed by atoms with E-state index in [-0.39, 0.29) is 11.1 Å². The lowest BCUT2D eigenvalue weighted by Gasteiger charge is -2.09. The molecule has 0 aliphatic rings. The number of nitriles is 4. The second kappa shape index (κ2) is 7.30. The van der Waals surface area contributed by atoms with Gasteiger partial charge < -0.3 is 0 Å². The maximum Gasteiger partial charge on any atom is 0.138 e. The third-order valence-corrected chi connectivity index (χ3v) is 5.33. The maximum absolute atomic E-state index is 9.47. The summed E-state index contributed by atoms with van der Waals surface area (Å²) in [6, 6.07) is 19.1. The van der Waals surface area contributed by atoms with Crippen LogP contribution in [0, 0.1) is 52.5 Å². The molecule has 3 rings (SSSR count). The molecule has 0 aliphatic carbocycles. The number of halogens is 2. The van der Waals surface area contributed by atoms with Gasteiger partial charge in [-0.3, -0.25) is 0 Å². The van der Waals surface area contributed by atoms with E-state index in [4.69, 9.17) is 0 Å². The Hall–Kier alpha value is -2.66. The van der Waals surface area contributed by atoms with Crippen LogP contribution in [0.15, 0.2) is 36.4 Å². The van der Waals surface area contributed by atoms with Gasteiger partial charge in [0.1, 0.15) is 35.4 Å². The van der Waals surface area contributed by atoms with Gasteiger partial charge in [-0.05, 0) is 91.0 Å². The van der Waals surface area contributed by atoms with Crippen LogP contribution in [0.1, 0.15) is 0 Å². The van der Waals surface area contributed by atoms with Crippen molar-refractivity contribution in [2.45, 2.75) is 0 Å². The third kappa shape index (κ3) is 2.88. The van der Waals surface area contributed by atoms with Crippen molar-refractivity contribution in [1.82, 2.24) is 0 Å². The van der Waals surface area contributed by atoms with Crippen molar-refractivity contribution in [3.63, 3.8) is 0 Å². The Labute approximate surface area is 176 Å². The van der Waals surface area contributed by atoms with Crippen LogP contribution in [-0.2, 0) is 0 Å². The van der Waals surface area contributed by atoms with Gasteiger partial charge in [0.25, 0.3) is 0 Å². The summed E-state index contributed by atoms with van der Waals surface area (Å²) < 4.78 is 1.86. The van der Waals surface area contributed by atoms with Crippen molar-refractivity contribution < 1.29 is 0 Å². The van der Waals surface area contributed by atoms with Crippen LogP contribution in [0.2, 0.25) is 0 Å². The van der Waals surface area contributed by atoms with E-state index in [1.165, 1.54) is 0 Å². The van der Waals surface area contributed by atoms with E-state index in [0.29, 0.717) is 32.0 Å². The Morgan fingerprint density at radius 1 is 0.577 bits per heavy atom. The fraction of sp³-hybridized carbons (Fsp3) is 0. The number of hydrogen-bond donors (Lipinski definition) is 0. The lowest BCUT2D eigenvalue weighted by atomic mass is 9.94. The first-order chi connectivity index (χ1) is 12.5. The molecule has 3 aromatic rings. The van der Waals surface area contributed by atoms with Gasteiger partial charge in [0.05, 0.1) is 0 Å². The van der Waals surface area contributed by atoms with E-state index in [2.05, 4.69) is 45.2 Å². The smallest absolute Gasteiger partial charge is 0.138 e.